The van der Waals surface area contributed by atoms with E-state index in [0.717, 1.165) is 0 Å². The smallest absolute Gasteiger partial charge is 0.294 e. The lowest BCUT2D eigenvalue weighted by molar-refractivity contribution is -0.384. The van der Waals surface area contributed by atoms with Crippen molar-refractivity contribution in [2.45, 2.75) is 4.90 Å². The van der Waals surface area contributed by atoms with E-state index in [4.69, 9.17) is 4.55 Å². The van der Waals surface area contributed by atoms with Crippen LogP contribution in [-0.2, 0) is 10.1 Å². The topological polar surface area (TPSA) is 142 Å². The second-order valence-electron chi connectivity index (χ2n) is 5.38. The van der Waals surface area contributed by atoms with Crippen molar-refractivity contribution in [3.8, 4) is 5.75 Å². The summed E-state index contributed by atoms with van der Waals surface area (Å²) in [6.07, 6.45) is 0. The molecule has 0 radical (unpaired) electrons. The predicted octanol–water partition coefficient (Wildman–Crippen LogP) is 4.88. The summed E-state index contributed by atoms with van der Waals surface area (Å²) in [5.74, 6) is -0.191. The van der Waals surface area contributed by atoms with Gasteiger partial charge >= 0.3 is 0 Å². The van der Waals surface area contributed by atoms with Crippen LogP contribution in [0.4, 0.5) is 17.1 Å². The highest BCUT2D eigenvalue weighted by molar-refractivity contribution is 9.10. The Hall–Kier alpha value is -2.89. The molecule has 0 amide bonds. The molecular weight excluding hydrogens is 442 g/mol. The van der Waals surface area contributed by atoms with Crippen LogP contribution in [0.3, 0.4) is 0 Å². The highest BCUT2D eigenvalue weighted by Crippen LogP contribution is 2.38. The maximum atomic E-state index is 11.3. The minimum absolute atomic E-state index is 0.0830. The first kappa shape index (κ1) is 18.9. The number of hydrogen-bond donors (Lipinski definition) is 2. The van der Waals surface area contributed by atoms with Crippen molar-refractivity contribution in [2.75, 3.05) is 0 Å². The molecule has 0 spiro atoms. The maximum Gasteiger partial charge on any atom is 0.294 e. The van der Waals surface area contributed by atoms with Crippen LogP contribution in [0, 0.1) is 10.1 Å². The van der Waals surface area contributed by atoms with E-state index in [-0.39, 0.29) is 22.0 Å². The summed E-state index contributed by atoms with van der Waals surface area (Å²) in [7, 11) is -4.37. The predicted molar refractivity (Wildman–Crippen MR) is 100 cm³/mol. The van der Waals surface area contributed by atoms with Crippen molar-refractivity contribution in [1.29, 1.82) is 0 Å². The molecule has 0 aliphatic rings. The molecule has 0 aliphatic carbocycles. The van der Waals surface area contributed by atoms with Crippen molar-refractivity contribution in [1.82, 2.24) is 0 Å². The standard InChI is InChI=1S/C16H10BrN3O6S/c17-13-8-10(20(22)23)2-5-14(13)18-19-16-12-4-3-11(27(24,25)26)7-9(12)1-6-15(16)21/h1-8,21H,(H,24,25,26). The monoisotopic (exact) mass is 451 g/mol. The van der Waals surface area contributed by atoms with Gasteiger partial charge in [0.2, 0.25) is 0 Å². The fourth-order valence-corrected chi connectivity index (χ4v) is 3.30. The Balaban J connectivity index is 2.08. The van der Waals surface area contributed by atoms with Gasteiger partial charge in [0.25, 0.3) is 15.8 Å². The van der Waals surface area contributed by atoms with Crippen molar-refractivity contribution in [3.05, 3.63) is 63.1 Å². The zero-order valence-corrected chi connectivity index (χ0v) is 15.7. The molecule has 0 fully saturated rings. The second kappa shape index (κ2) is 7.02. The van der Waals surface area contributed by atoms with Gasteiger partial charge in [-0.05, 0) is 45.6 Å². The summed E-state index contributed by atoms with van der Waals surface area (Å²) in [5, 5.41) is 29.7. The van der Waals surface area contributed by atoms with Crippen molar-refractivity contribution in [2.24, 2.45) is 10.2 Å². The first-order chi connectivity index (χ1) is 12.7. The number of phenols is 1. The van der Waals surface area contributed by atoms with Crippen molar-refractivity contribution >= 4 is 53.9 Å². The van der Waals surface area contributed by atoms with E-state index in [1.165, 1.54) is 48.5 Å². The minimum atomic E-state index is -4.37. The first-order valence-electron chi connectivity index (χ1n) is 7.26. The summed E-state index contributed by atoms with van der Waals surface area (Å²) in [6, 6.07) is 10.5. The van der Waals surface area contributed by atoms with Crippen LogP contribution in [0.5, 0.6) is 5.75 Å². The van der Waals surface area contributed by atoms with E-state index in [2.05, 4.69) is 26.2 Å². The Morgan fingerprint density at radius 2 is 1.78 bits per heavy atom. The van der Waals surface area contributed by atoms with Gasteiger partial charge in [-0.3, -0.25) is 14.7 Å². The van der Waals surface area contributed by atoms with Gasteiger partial charge in [-0.2, -0.15) is 8.42 Å². The van der Waals surface area contributed by atoms with E-state index in [1.807, 2.05) is 0 Å². The van der Waals surface area contributed by atoms with Gasteiger partial charge < -0.3 is 5.11 Å². The van der Waals surface area contributed by atoms with E-state index >= 15 is 0 Å². The molecule has 0 aromatic heterocycles. The van der Waals surface area contributed by atoms with Gasteiger partial charge in [-0.1, -0.05) is 12.1 Å². The van der Waals surface area contributed by atoms with E-state index in [0.29, 0.717) is 20.9 Å². The van der Waals surface area contributed by atoms with E-state index < -0.39 is 15.0 Å². The van der Waals surface area contributed by atoms with Crippen LogP contribution in [-0.4, -0.2) is 23.0 Å². The molecule has 0 bridgehead atoms. The normalized spacial score (nSPS) is 11.9. The SMILES string of the molecule is O=[N+]([O-])c1ccc(N=Nc2c(O)ccc3cc(S(=O)(=O)O)ccc23)c(Br)c1. The fourth-order valence-electron chi connectivity index (χ4n) is 2.34. The lowest BCUT2D eigenvalue weighted by Crippen LogP contribution is -1.97. The Kier molecular flexibility index (Phi) is 4.91. The summed E-state index contributed by atoms with van der Waals surface area (Å²) >= 11 is 3.17. The first-order valence-corrected chi connectivity index (χ1v) is 9.49. The number of azo groups is 1. The number of aromatic hydroxyl groups is 1. The zero-order chi connectivity index (χ0) is 19.8. The number of halogens is 1. The van der Waals surface area contributed by atoms with Gasteiger partial charge in [0, 0.05) is 17.5 Å². The average Bonchev–Trinajstić information content (AvgIpc) is 2.60. The van der Waals surface area contributed by atoms with Crippen LogP contribution in [0.25, 0.3) is 10.8 Å². The Bertz CT molecular complexity index is 1210. The van der Waals surface area contributed by atoms with Gasteiger partial charge in [-0.15, -0.1) is 10.2 Å². The molecule has 138 valence electrons. The molecule has 2 N–H and O–H groups in total. The molecule has 11 heteroatoms. The number of fused-ring (bicyclic) bond motifs is 1. The van der Waals surface area contributed by atoms with Crippen LogP contribution in [0.15, 0.2) is 68.1 Å². The van der Waals surface area contributed by atoms with Crippen LogP contribution in [0.2, 0.25) is 0 Å². The highest BCUT2D eigenvalue weighted by Gasteiger charge is 2.14. The van der Waals surface area contributed by atoms with Gasteiger partial charge in [0.15, 0.2) is 0 Å². The third-order valence-electron chi connectivity index (χ3n) is 3.64. The van der Waals surface area contributed by atoms with Crippen LogP contribution >= 0.6 is 15.9 Å². The number of hydrogen-bond acceptors (Lipinski definition) is 7. The minimum Gasteiger partial charge on any atom is -0.506 e. The number of nitro benzene ring substituents is 1. The summed E-state index contributed by atoms with van der Waals surface area (Å²) in [5.41, 5.74) is 0.262. The summed E-state index contributed by atoms with van der Waals surface area (Å²) in [4.78, 5) is 9.93. The highest BCUT2D eigenvalue weighted by atomic mass is 79.9. The second-order valence-corrected chi connectivity index (χ2v) is 7.66. The Morgan fingerprint density at radius 1 is 1.04 bits per heavy atom. The molecule has 3 rings (SSSR count). The molecule has 0 saturated heterocycles. The van der Waals surface area contributed by atoms with Gasteiger partial charge in [0.05, 0.1) is 14.3 Å². The fraction of sp³-hybridized carbons (Fsp3) is 0. The Morgan fingerprint density at radius 3 is 2.41 bits per heavy atom. The molecule has 0 aliphatic heterocycles. The van der Waals surface area contributed by atoms with Crippen LogP contribution in [0.1, 0.15) is 0 Å². The summed E-state index contributed by atoms with van der Waals surface area (Å²) < 4.78 is 32.0. The molecule has 0 heterocycles. The number of nitro groups is 1. The molecule has 0 atom stereocenters. The molecule has 9 nitrogen and oxygen atoms in total. The largest absolute Gasteiger partial charge is 0.506 e. The van der Waals surface area contributed by atoms with E-state index in [1.54, 1.807) is 0 Å². The van der Waals surface area contributed by atoms with Gasteiger partial charge in [-0.25, -0.2) is 0 Å². The van der Waals surface area contributed by atoms with Crippen LogP contribution < -0.4 is 0 Å². The average molecular weight is 452 g/mol. The number of non-ortho nitro benzene ring substituents is 1. The van der Waals surface area contributed by atoms with Crippen molar-refractivity contribution < 1.29 is 23.0 Å². The third-order valence-corrected chi connectivity index (χ3v) is 5.12. The molecule has 3 aromatic carbocycles. The van der Waals surface area contributed by atoms with E-state index in [9.17, 15) is 23.6 Å². The van der Waals surface area contributed by atoms with Gasteiger partial charge in [0.1, 0.15) is 17.1 Å². The maximum absolute atomic E-state index is 11.3. The summed E-state index contributed by atoms with van der Waals surface area (Å²) in [6.45, 7) is 0. The molecule has 0 unspecified atom stereocenters. The Labute approximate surface area is 161 Å². The number of benzene rings is 3. The lowest BCUT2D eigenvalue weighted by Gasteiger charge is -2.06. The molecular formula is C16H10BrN3O6S. The third kappa shape index (κ3) is 3.94. The molecule has 27 heavy (non-hydrogen) atoms. The molecule has 0 saturated carbocycles. The zero-order valence-electron chi connectivity index (χ0n) is 13.3. The number of nitrogens with zero attached hydrogens (tertiary/aromatic N) is 3. The van der Waals surface area contributed by atoms with Crippen molar-refractivity contribution in [3.63, 3.8) is 0 Å². The molecule has 3 aromatic rings. The number of phenolic OH excluding ortho intramolecular Hbond substituents is 1. The number of rotatable bonds is 4. The quantitative estimate of drug-likeness (QED) is 0.250. The lowest BCUT2D eigenvalue weighted by atomic mass is 10.1.